The molecule has 0 aliphatic carbocycles. The maximum atomic E-state index is 11.7. The van der Waals surface area contributed by atoms with Crippen molar-refractivity contribution in [3.8, 4) is 0 Å². The summed E-state index contributed by atoms with van der Waals surface area (Å²) in [6.07, 6.45) is 0.0135. The second-order valence-electron chi connectivity index (χ2n) is 4.90. The number of hydrogen-bond acceptors (Lipinski definition) is 3. The molecule has 0 unspecified atom stereocenters. The zero-order valence-electron chi connectivity index (χ0n) is 12.3. The van der Waals surface area contributed by atoms with Gasteiger partial charge in [0.2, 0.25) is 0 Å². The molecule has 0 radical (unpaired) electrons. The van der Waals surface area contributed by atoms with Crippen molar-refractivity contribution in [2.75, 3.05) is 6.61 Å². The number of ether oxygens (including phenoxy) is 2. The highest BCUT2D eigenvalue weighted by molar-refractivity contribution is 5.72. The maximum absolute atomic E-state index is 11.7. The van der Waals surface area contributed by atoms with Crippen LogP contribution in [0.4, 0.5) is 0 Å². The SMILES string of the molecule is CCOC(=O)[C@H](C)[C@H](C)[C@H](C)OCc1ccccc1. The lowest BCUT2D eigenvalue weighted by Crippen LogP contribution is -2.30. The minimum Gasteiger partial charge on any atom is -0.466 e. The Morgan fingerprint density at radius 3 is 2.37 bits per heavy atom. The van der Waals surface area contributed by atoms with Crippen molar-refractivity contribution in [3.05, 3.63) is 35.9 Å². The molecule has 0 heterocycles. The van der Waals surface area contributed by atoms with Gasteiger partial charge in [0.25, 0.3) is 0 Å². The van der Waals surface area contributed by atoms with E-state index in [9.17, 15) is 4.79 Å². The quantitative estimate of drug-likeness (QED) is 0.708. The van der Waals surface area contributed by atoms with Crippen molar-refractivity contribution in [3.63, 3.8) is 0 Å². The van der Waals surface area contributed by atoms with Crippen LogP contribution >= 0.6 is 0 Å². The van der Waals surface area contributed by atoms with Crippen LogP contribution < -0.4 is 0 Å². The molecule has 0 N–H and O–H groups in total. The Morgan fingerprint density at radius 2 is 1.79 bits per heavy atom. The van der Waals surface area contributed by atoms with Gasteiger partial charge in [-0.1, -0.05) is 44.2 Å². The van der Waals surface area contributed by atoms with Crippen LogP contribution in [0.25, 0.3) is 0 Å². The molecule has 0 aromatic heterocycles. The zero-order valence-corrected chi connectivity index (χ0v) is 12.3. The van der Waals surface area contributed by atoms with Gasteiger partial charge in [-0.15, -0.1) is 0 Å². The van der Waals surface area contributed by atoms with Crippen LogP contribution in [-0.4, -0.2) is 18.7 Å². The summed E-state index contributed by atoms with van der Waals surface area (Å²) in [5.74, 6) is -0.168. The van der Waals surface area contributed by atoms with Gasteiger partial charge in [-0.05, 0) is 25.3 Å². The summed E-state index contributed by atoms with van der Waals surface area (Å²) in [4.78, 5) is 11.7. The van der Waals surface area contributed by atoms with E-state index in [1.165, 1.54) is 0 Å². The molecule has 1 rings (SSSR count). The molecule has 0 aliphatic heterocycles. The third-order valence-electron chi connectivity index (χ3n) is 3.54. The molecular weight excluding hydrogens is 240 g/mol. The monoisotopic (exact) mass is 264 g/mol. The Bertz CT molecular complexity index is 375. The van der Waals surface area contributed by atoms with E-state index in [0.29, 0.717) is 13.2 Å². The summed E-state index contributed by atoms with van der Waals surface area (Å²) >= 11 is 0. The van der Waals surface area contributed by atoms with Crippen LogP contribution in [-0.2, 0) is 20.9 Å². The van der Waals surface area contributed by atoms with Crippen LogP contribution in [0.15, 0.2) is 30.3 Å². The Balaban J connectivity index is 2.44. The molecule has 0 saturated carbocycles. The molecule has 0 aliphatic rings. The average Bonchev–Trinajstić information content (AvgIpc) is 2.44. The van der Waals surface area contributed by atoms with Gasteiger partial charge in [-0.2, -0.15) is 0 Å². The van der Waals surface area contributed by atoms with Gasteiger partial charge < -0.3 is 9.47 Å². The molecule has 3 nitrogen and oxygen atoms in total. The number of carbonyl (C=O) groups is 1. The smallest absolute Gasteiger partial charge is 0.309 e. The lowest BCUT2D eigenvalue weighted by atomic mass is 9.91. The first-order valence-electron chi connectivity index (χ1n) is 6.88. The fraction of sp³-hybridized carbons (Fsp3) is 0.562. The van der Waals surface area contributed by atoms with Crippen molar-refractivity contribution >= 4 is 5.97 Å². The van der Waals surface area contributed by atoms with E-state index >= 15 is 0 Å². The van der Waals surface area contributed by atoms with Gasteiger partial charge in [0.15, 0.2) is 0 Å². The standard InChI is InChI=1S/C16H24O3/c1-5-18-16(17)13(3)12(2)14(4)19-11-15-9-7-6-8-10-15/h6-10,12-14H,5,11H2,1-4H3/t12-,13+,14-/m0/s1. The molecule has 1 aromatic rings. The molecule has 3 atom stereocenters. The topological polar surface area (TPSA) is 35.5 Å². The molecule has 0 spiro atoms. The Hall–Kier alpha value is -1.35. The summed E-state index contributed by atoms with van der Waals surface area (Å²) in [7, 11) is 0. The molecule has 0 fully saturated rings. The number of carbonyl (C=O) groups excluding carboxylic acids is 1. The van der Waals surface area contributed by atoms with E-state index in [4.69, 9.17) is 9.47 Å². The normalized spacial score (nSPS) is 15.6. The van der Waals surface area contributed by atoms with Crippen molar-refractivity contribution in [2.24, 2.45) is 11.8 Å². The molecule has 0 amide bonds. The lowest BCUT2D eigenvalue weighted by Gasteiger charge is -2.25. The van der Waals surface area contributed by atoms with Crippen molar-refractivity contribution in [1.82, 2.24) is 0 Å². The van der Waals surface area contributed by atoms with Crippen LogP contribution in [0.2, 0.25) is 0 Å². The first kappa shape index (κ1) is 15.7. The highest BCUT2D eigenvalue weighted by atomic mass is 16.5. The van der Waals surface area contributed by atoms with Crippen LogP contribution in [0, 0.1) is 11.8 Å². The maximum Gasteiger partial charge on any atom is 0.309 e. The number of hydrogen-bond donors (Lipinski definition) is 0. The molecule has 106 valence electrons. The minimum absolute atomic E-state index is 0.0135. The first-order chi connectivity index (χ1) is 9.06. The molecule has 3 heteroatoms. The van der Waals surface area contributed by atoms with E-state index in [1.807, 2.05) is 58.0 Å². The van der Waals surface area contributed by atoms with Gasteiger partial charge in [0.1, 0.15) is 0 Å². The summed E-state index contributed by atoms with van der Waals surface area (Å²) in [6, 6.07) is 10.0. The highest BCUT2D eigenvalue weighted by Crippen LogP contribution is 2.20. The van der Waals surface area contributed by atoms with Gasteiger partial charge in [0, 0.05) is 0 Å². The summed E-state index contributed by atoms with van der Waals surface area (Å²) < 4.78 is 10.9. The van der Waals surface area contributed by atoms with E-state index in [1.54, 1.807) is 0 Å². The fourth-order valence-corrected chi connectivity index (χ4v) is 1.85. The average molecular weight is 264 g/mol. The molecule has 0 saturated heterocycles. The molecule has 1 aromatic carbocycles. The van der Waals surface area contributed by atoms with Crippen molar-refractivity contribution < 1.29 is 14.3 Å². The minimum atomic E-state index is -0.148. The number of benzene rings is 1. The van der Waals surface area contributed by atoms with Gasteiger partial charge in [-0.3, -0.25) is 4.79 Å². The van der Waals surface area contributed by atoms with Crippen LogP contribution in [0.1, 0.15) is 33.3 Å². The van der Waals surface area contributed by atoms with Gasteiger partial charge in [-0.25, -0.2) is 0 Å². The Kier molecular flexibility index (Phi) is 6.57. The zero-order chi connectivity index (χ0) is 14.3. The third-order valence-corrected chi connectivity index (χ3v) is 3.54. The van der Waals surface area contributed by atoms with Gasteiger partial charge in [0.05, 0.1) is 25.2 Å². The number of rotatable bonds is 7. The van der Waals surface area contributed by atoms with E-state index in [2.05, 4.69) is 0 Å². The third kappa shape index (κ3) is 5.03. The van der Waals surface area contributed by atoms with Crippen LogP contribution in [0.5, 0.6) is 0 Å². The summed E-state index contributed by atoms with van der Waals surface area (Å²) in [5, 5.41) is 0. The van der Waals surface area contributed by atoms with Crippen molar-refractivity contribution in [2.45, 2.75) is 40.4 Å². The molecule has 19 heavy (non-hydrogen) atoms. The summed E-state index contributed by atoms with van der Waals surface area (Å²) in [5.41, 5.74) is 1.14. The Morgan fingerprint density at radius 1 is 1.16 bits per heavy atom. The van der Waals surface area contributed by atoms with Crippen LogP contribution in [0.3, 0.4) is 0 Å². The van der Waals surface area contributed by atoms with Gasteiger partial charge >= 0.3 is 5.97 Å². The predicted octanol–water partition coefficient (Wildman–Crippen LogP) is 3.43. The lowest BCUT2D eigenvalue weighted by molar-refractivity contribution is -0.151. The number of esters is 1. The second kappa shape index (κ2) is 7.95. The van der Waals surface area contributed by atoms with Crippen molar-refractivity contribution in [1.29, 1.82) is 0 Å². The fourth-order valence-electron chi connectivity index (χ4n) is 1.85. The molecule has 0 bridgehead atoms. The second-order valence-corrected chi connectivity index (χ2v) is 4.90. The predicted molar refractivity (Wildman–Crippen MR) is 75.7 cm³/mol. The van der Waals surface area contributed by atoms with E-state index in [-0.39, 0.29) is 23.9 Å². The largest absolute Gasteiger partial charge is 0.466 e. The highest BCUT2D eigenvalue weighted by Gasteiger charge is 2.26. The van der Waals surface area contributed by atoms with E-state index < -0.39 is 0 Å². The summed E-state index contributed by atoms with van der Waals surface area (Å²) in [6.45, 7) is 8.74. The Labute approximate surface area is 115 Å². The molecular formula is C16H24O3. The van der Waals surface area contributed by atoms with E-state index in [0.717, 1.165) is 5.56 Å². The first-order valence-corrected chi connectivity index (χ1v) is 6.88.